The zero-order valence-corrected chi connectivity index (χ0v) is 14.3. The van der Waals surface area contributed by atoms with Gasteiger partial charge in [-0.1, -0.05) is 6.07 Å². The van der Waals surface area contributed by atoms with Crippen molar-refractivity contribution in [3.8, 4) is 11.5 Å². The molecule has 25 heavy (non-hydrogen) atoms. The minimum Gasteiger partial charge on any atom is -0.482 e. The molecule has 0 saturated carbocycles. The highest BCUT2D eigenvalue weighted by atomic mass is 16.6. The van der Waals surface area contributed by atoms with Crippen LogP contribution in [0, 0.1) is 20.8 Å². The number of carbonyl (C=O) groups is 1. The second-order valence-corrected chi connectivity index (χ2v) is 5.92. The van der Waals surface area contributed by atoms with Crippen molar-refractivity contribution >= 4 is 16.9 Å². The third-order valence-corrected chi connectivity index (χ3v) is 3.99. The Bertz CT molecular complexity index is 1000. The van der Waals surface area contributed by atoms with Crippen LogP contribution in [0.1, 0.15) is 16.7 Å². The fraction of sp³-hybridized carbons (Fsp3) is 0.200. The molecule has 0 aliphatic carbocycles. The number of aryl methyl sites for hydroxylation is 3. The topological polar surface area (TPSA) is 65.7 Å². The van der Waals surface area contributed by atoms with E-state index < -0.39 is 11.6 Å². The standard InChI is InChI=1S/C20H18O5/c1-12-4-5-15(8-13(12)2)23-11-20(22)24-16-6-7-17-14(3)9-19(21)25-18(17)10-16/h4-10H,11H2,1-3H3. The molecule has 0 saturated heterocycles. The molecule has 0 radical (unpaired) electrons. The molecule has 0 amide bonds. The Kier molecular flexibility index (Phi) is 4.57. The van der Waals surface area contributed by atoms with E-state index in [1.807, 2.05) is 39.0 Å². The first kappa shape index (κ1) is 16.8. The molecule has 0 aliphatic heterocycles. The van der Waals surface area contributed by atoms with Gasteiger partial charge in [0, 0.05) is 17.5 Å². The van der Waals surface area contributed by atoms with E-state index in [-0.39, 0.29) is 6.61 Å². The first-order valence-electron chi connectivity index (χ1n) is 7.87. The van der Waals surface area contributed by atoms with Crippen molar-refractivity contribution in [2.45, 2.75) is 20.8 Å². The Morgan fingerprint density at radius 3 is 2.44 bits per heavy atom. The smallest absolute Gasteiger partial charge is 0.349 e. The molecule has 2 aromatic carbocycles. The minimum absolute atomic E-state index is 0.210. The van der Waals surface area contributed by atoms with Crippen molar-refractivity contribution in [1.29, 1.82) is 0 Å². The maximum atomic E-state index is 12.0. The van der Waals surface area contributed by atoms with Gasteiger partial charge in [-0.3, -0.25) is 0 Å². The summed E-state index contributed by atoms with van der Waals surface area (Å²) in [5.74, 6) is 0.377. The lowest BCUT2D eigenvalue weighted by Gasteiger charge is -2.09. The third kappa shape index (κ3) is 3.88. The summed E-state index contributed by atoms with van der Waals surface area (Å²) in [6.07, 6.45) is 0. The molecule has 3 rings (SSSR count). The highest BCUT2D eigenvalue weighted by Gasteiger charge is 2.09. The van der Waals surface area contributed by atoms with Gasteiger partial charge < -0.3 is 13.9 Å². The van der Waals surface area contributed by atoms with Gasteiger partial charge in [-0.15, -0.1) is 0 Å². The fourth-order valence-electron chi connectivity index (χ4n) is 2.48. The van der Waals surface area contributed by atoms with Crippen molar-refractivity contribution in [3.63, 3.8) is 0 Å². The van der Waals surface area contributed by atoms with E-state index in [1.165, 1.54) is 12.1 Å². The van der Waals surface area contributed by atoms with E-state index in [0.717, 1.165) is 22.1 Å². The molecule has 0 unspecified atom stereocenters. The molecule has 0 bridgehead atoms. The quantitative estimate of drug-likeness (QED) is 0.412. The van der Waals surface area contributed by atoms with Crippen LogP contribution in [0.5, 0.6) is 11.5 Å². The molecule has 0 N–H and O–H groups in total. The number of rotatable bonds is 4. The van der Waals surface area contributed by atoms with Crippen LogP contribution >= 0.6 is 0 Å². The van der Waals surface area contributed by atoms with Crippen molar-refractivity contribution < 1.29 is 18.7 Å². The summed E-state index contributed by atoms with van der Waals surface area (Å²) in [6.45, 7) is 5.60. The number of hydrogen-bond donors (Lipinski definition) is 0. The van der Waals surface area contributed by atoms with Gasteiger partial charge in [0.25, 0.3) is 0 Å². The number of esters is 1. The van der Waals surface area contributed by atoms with E-state index >= 15 is 0 Å². The van der Waals surface area contributed by atoms with Gasteiger partial charge in [0.2, 0.25) is 0 Å². The number of hydrogen-bond acceptors (Lipinski definition) is 5. The summed E-state index contributed by atoms with van der Waals surface area (Å²) >= 11 is 0. The van der Waals surface area contributed by atoms with Gasteiger partial charge in [0.05, 0.1) is 0 Å². The molecule has 0 fully saturated rings. The van der Waals surface area contributed by atoms with Crippen molar-refractivity contribution in [2.75, 3.05) is 6.61 Å². The average molecular weight is 338 g/mol. The van der Waals surface area contributed by atoms with Crippen molar-refractivity contribution in [3.05, 3.63) is 69.6 Å². The van der Waals surface area contributed by atoms with Gasteiger partial charge in [-0.05, 0) is 61.7 Å². The van der Waals surface area contributed by atoms with Crippen molar-refractivity contribution in [2.24, 2.45) is 0 Å². The molecular weight excluding hydrogens is 320 g/mol. The molecule has 3 aromatic rings. The summed E-state index contributed by atoms with van der Waals surface area (Å²) in [5.41, 5.74) is 2.99. The predicted octanol–water partition coefficient (Wildman–Crippen LogP) is 3.70. The van der Waals surface area contributed by atoms with E-state index in [0.29, 0.717) is 17.1 Å². The molecule has 1 aromatic heterocycles. The zero-order chi connectivity index (χ0) is 18.0. The van der Waals surface area contributed by atoms with Crippen LogP contribution in [0.4, 0.5) is 0 Å². The highest BCUT2D eigenvalue weighted by molar-refractivity contribution is 5.82. The maximum Gasteiger partial charge on any atom is 0.349 e. The van der Waals surface area contributed by atoms with E-state index in [1.54, 1.807) is 12.1 Å². The Morgan fingerprint density at radius 1 is 0.920 bits per heavy atom. The molecule has 5 heteroatoms. The Balaban J connectivity index is 1.69. The fourth-order valence-corrected chi connectivity index (χ4v) is 2.48. The number of carbonyl (C=O) groups excluding carboxylic acids is 1. The number of benzene rings is 2. The number of fused-ring (bicyclic) bond motifs is 1. The van der Waals surface area contributed by atoms with Crippen LogP contribution in [0.3, 0.4) is 0 Å². The molecular formula is C20H18O5. The largest absolute Gasteiger partial charge is 0.482 e. The Hall–Kier alpha value is -3.08. The van der Waals surface area contributed by atoms with Crippen molar-refractivity contribution in [1.82, 2.24) is 0 Å². The SMILES string of the molecule is Cc1ccc(OCC(=O)Oc2ccc3c(C)cc(=O)oc3c2)cc1C. The summed E-state index contributed by atoms with van der Waals surface area (Å²) < 4.78 is 15.8. The number of ether oxygens (including phenoxy) is 2. The first-order valence-corrected chi connectivity index (χ1v) is 7.87. The van der Waals surface area contributed by atoms with Crippen LogP contribution in [-0.4, -0.2) is 12.6 Å². The normalized spacial score (nSPS) is 10.7. The van der Waals surface area contributed by atoms with Crippen LogP contribution in [0.25, 0.3) is 11.0 Å². The lowest BCUT2D eigenvalue weighted by molar-refractivity contribution is -0.136. The molecule has 128 valence electrons. The van der Waals surface area contributed by atoms with E-state index in [4.69, 9.17) is 13.9 Å². The van der Waals surface area contributed by atoms with Crippen LogP contribution < -0.4 is 15.1 Å². The predicted molar refractivity (Wildman–Crippen MR) is 94.3 cm³/mol. The van der Waals surface area contributed by atoms with E-state index in [9.17, 15) is 9.59 Å². The summed E-state index contributed by atoms with van der Waals surface area (Å²) in [7, 11) is 0. The summed E-state index contributed by atoms with van der Waals surface area (Å²) in [5, 5.41) is 0.797. The molecule has 1 heterocycles. The highest BCUT2D eigenvalue weighted by Crippen LogP contribution is 2.22. The Labute approximate surface area is 144 Å². The van der Waals surface area contributed by atoms with Gasteiger partial charge in [-0.2, -0.15) is 0 Å². The zero-order valence-electron chi connectivity index (χ0n) is 14.3. The van der Waals surface area contributed by atoms with Gasteiger partial charge in [0.15, 0.2) is 6.61 Å². The maximum absolute atomic E-state index is 12.0. The second kappa shape index (κ2) is 6.81. The van der Waals surface area contributed by atoms with Gasteiger partial charge in [-0.25, -0.2) is 9.59 Å². The lowest BCUT2D eigenvalue weighted by Crippen LogP contribution is -2.17. The lowest BCUT2D eigenvalue weighted by atomic mass is 10.1. The second-order valence-electron chi connectivity index (χ2n) is 5.92. The molecule has 0 spiro atoms. The first-order chi connectivity index (χ1) is 11.9. The van der Waals surface area contributed by atoms with Gasteiger partial charge >= 0.3 is 11.6 Å². The van der Waals surface area contributed by atoms with Crippen LogP contribution in [-0.2, 0) is 4.79 Å². The summed E-state index contributed by atoms with van der Waals surface area (Å²) in [6, 6.07) is 12.0. The van der Waals surface area contributed by atoms with E-state index in [2.05, 4.69) is 0 Å². The molecule has 0 aliphatic rings. The minimum atomic E-state index is -0.535. The Morgan fingerprint density at radius 2 is 1.68 bits per heavy atom. The molecule has 0 atom stereocenters. The summed E-state index contributed by atoms with van der Waals surface area (Å²) in [4.78, 5) is 23.4. The third-order valence-electron chi connectivity index (χ3n) is 3.99. The molecule has 5 nitrogen and oxygen atoms in total. The van der Waals surface area contributed by atoms with Gasteiger partial charge in [0.1, 0.15) is 17.1 Å². The average Bonchev–Trinajstić information content (AvgIpc) is 2.55. The van der Waals surface area contributed by atoms with Crippen LogP contribution in [0.15, 0.2) is 51.7 Å². The van der Waals surface area contributed by atoms with Crippen LogP contribution in [0.2, 0.25) is 0 Å². The monoisotopic (exact) mass is 338 g/mol.